The van der Waals surface area contributed by atoms with Gasteiger partial charge in [-0.2, -0.15) is 4.58 Å². The number of nitrogens with one attached hydrogen (secondary N) is 1. The molecule has 0 saturated carbocycles. The molecule has 0 unspecified atom stereocenters. The Kier molecular flexibility index (Phi) is 16.9. The number of hydrogen-bond acceptors (Lipinski definition) is 12. The predicted octanol–water partition coefficient (Wildman–Crippen LogP) is -0.145. The van der Waals surface area contributed by atoms with Gasteiger partial charge >= 0.3 is 59.1 Å². The van der Waals surface area contributed by atoms with Crippen LogP contribution in [0.4, 0.5) is 11.4 Å². The molecule has 2 aliphatic rings. The summed E-state index contributed by atoms with van der Waals surface area (Å²) in [5.41, 5.74) is 6.55. The van der Waals surface area contributed by atoms with Crippen LogP contribution in [0, 0.1) is 0 Å². The normalized spacial score (nSPS) is 16.6. The number of hydrazine groups is 1. The van der Waals surface area contributed by atoms with Gasteiger partial charge in [0, 0.05) is 59.6 Å². The largest absolute Gasteiger partial charge is 1.00 e. The summed E-state index contributed by atoms with van der Waals surface area (Å²) >= 11 is 0. The van der Waals surface area contributed by atoms with Crippen molar-refractivity contribution in [2.45, 2.75) is 86.8 Å². The number of carbonyl (C=O) groups is 1. The molecule has 0 radical (unpaired) electrons. The molecule has 2 heterocycles. The number of allylic oxidation sites excluding steroid dienone is 6. The summed E-state index contributed by atoms with van der Waals surface area (Å²) in [5, 5.41) is 2.81. The van der Waals surface area contributed by atoms with Crippen LogP contribution in [0.2, 0.25) is 0 Å². The minimum Gasteiger partial charge on any atom is -0.748 e. The van der Waals surface area contributed by atoms with Crippen molar-refractivity contribution in [2.75, 3.05) is 23.7 Å². The minimum atomic E-state index is -4.68. The van der Waals surface area contributed by atoms with Crippen LogP contribution in [-0.4, -0.2) is 73.9 Å². The van der Waals surface area contributed by atoms with E-state index in [-0.39, 0.29) is 81.2 Å². The van der Waals surface area contributed by atoms with E-state index in [0.29, 0.717) is 43.1 Å². The van der Waals surface area contributed by atoms with Crippen molar-refractivity contribution in [3.63, 3.8) is 0 Å². The SMILES string of the molecule is CC1(C)C(/C=C/C=C/C=C2\N(CCCCS(=O)(=O)[O-])c3ccc4cc(S(=O)(=O)[O-])ccc4c3C2(C)C)=[N+](CCCCCC(=O)NN)c2ccc3cc(S(=O)(=O)[O-])ccc3c21.[Na+].[Na+]. The third-order valence-corrected chi connectivity index (χ3v) is 13.9. The van der Waals surface area contributed by atoms with Crippen LogP contribution in [0.25, 0.3) is 21.5 Å². The average molecular weight is 923 g/mol. The third-order valence-electron chi connectivity index (χ3n) is 11.4. The number of nitrogens with zero attached hydrogens (tertiary/aromatic N) is 2. The Morgan fingerprint density at radius 2 is 1.32 bits per heavy atom. The van der Waals surface area contributed by atoms with E-state index in [2.05, 4.69) is 28.7 Å². The fourth-order valence-electron chi connectivity index (χ4n) is 8.65. The third kappa shape index (κ3) is 11.2. The summed E-state index contributed by atoms with van der Waals surface area (Å²) < 4.78 is 107. The monoisotopic (exact) mass is 922 g/mol. The molecular weight excluding hydrogens is 875 g/mol. The van der Waals surface area contributed by atoms with Crippen molar-refractivity contribution < 1.29 is 107 Å². The van der Waals surface area contributed by atoms with Crippen molar-refractivity contribution in [3.05, 3.63) is 108 Å². The van der Waals surface area contributed by atoms with E-state index < -0.39 is 46.9 Å². The van der Waals surface area contributed by atoms with Crippen molar-refractivity contribution >= 4 is 74.9 Å². The van der Waals surface area contributed by atoms with Crippen LogP contribution in [0.5, 0.6) is 0 Å². The summed E-state index contributed by atoms with van der Waals surface area (Å²) in [6.45, 7) is 9.30. The van der Waals surface area contributed by atoms with Crippen LogP contribution >= 0.6 is 0 Å². The van der Waals surface area contributed by atoms with E-state index in [4.69, 9.17) is 5.84 Å². The van der Waals surface area contributed by atoms with E-state index in [0.717, 1.165) is 57.5 Å². The Labute approximate surface area is 408 Å². The van der Waals surface area contributed by atoms with E-state index in [1.807, 2.05) is 62.4 Å². The second kappa shape index (κ2) is 20.2. The first-order valence-corrected chi connectivity index (χ1v) is 23.9. The Balaban J connectivity index is 0.00000422. The van der Waals surface area contributed by atoms with Crippen molar-refractivity contribution in [1.82, 2.24) is 5.43 Å². The number of fused-ring (bicyclic) bond motifs is 6. The minimum absolute atomic E-state index is 0. The van der Waals surface area contributed by atoms with Gasteiger partial charge < -0.3 is 18.6 Å². The fourth-order valence-corrected chi connectivity index (χ4v) is 10.2. The zero-order valence-electron chi connectivity index (χ0n) is 35.8. The van der Waals surface area contributed by atoms with Crippen LogP contribution < -0.4 is 75.3 Å². The fraction of sp³-hybridized carbons (Fsp3) is 0.349. The van der Waals surface area contributed by atoms with Crippen LogP contribution in [0.3, 0.4) is 0 Å². The topological polar surface area (TPSA) is 233 Å². The van der Waals surface area contributed by atoms with Gasteiger partial charge in [0.1, 0.15) is 26.8 Å². The number of unbranched alkanes of at least 4 members (excludes halogenated alkanes) is 3. The molecule has 4 aromatic rings. The molecular formula is C43H48N4Na2O10S3. The zero-order chi connectivity index (χ0) is 43.8. The molecule has 0 atom stereocenters. The second-order valence-electron chi connectivity index (χ2n) is 16.2. The van der Waals surface area contributed by atoms with Gasteiger partial charge in [-0.3, -0.25) is 10.2 Å². The first-order valence-electron chi connectivity index (χ1n) is 19.5. The molecule has 19 heteroatoms. The summed E-state index contributed by atoms with van der Waals surface area (Å²) in [5.74, 6) is 4.54. The molecule has 0 spiro atoms. The average Bonchev–Trinajstić information content (AvgIpc) is 3.52. The van der Waals surface area contributed by atoms with Gasteiger partial charge in [0.05, 0.1) is 25.3 Å². The summed E-state index contributed by atoms with van der Waals surface area (Å²) in [4.78, 5) is 13.2. The number of anilines is 1. The Bertz CT molecular complexity index is 2860. The molecule has 4 aromatic carbocycles. The van der Waals surface area contributed by atoms with Crippen LogP contribution in [0.15, 0.2) is 107 Å². The zero-order valence-corrected chi connectivity index (χ0v) is 42.3. The van der Waals surface area contributed by atoms with E-state index in [1.165, 1.54) is 24.3 Å². The molecule has 0 aliphatic carbocycles. The molecule has 2 aliphatic heterocycles. The van der Waals surface area contributed by atoms with Gasteiger partial charge in [0.25, 0.3) is 0 Å². The van der Waals surface area contributed by atoms with Gasteiger partial charge in [-0.25, -0.2) is 31.1 Å². The number of nitrogens with two attached hydrogens (primary N) is 1. The van der Waals surface area contributed by atoms with E-state index >= 15 is 0 Å². The molecule has 1 amide bonds. The molecule has 0 bridgehead atoms. The Morgan fingerprint density at radius 1 is 0.726 bits per heavy atom. The maximum Gasteiger partial charge on any atom is 1.00 e. The second-order valence-corrected chi connectivity index (χ2v) is 20.5. The number of benzene rings is 4. The van der Waals surface area contributed by atoms with Crippen LogP contribution in [-0.2, 0) is 46.0 Å². The number of hydrogen-bond donors (Lipinski definition) is 2. The number of carbonyl (C=O) groups excluding carboxylic acids is 1. The van der Waals surface area contributed by atoms with Crippen LogP contribution in [0.1, 0.15) is 77.3 Å². The van der Waals surface area contributed by atoms with Gasteiger partial charge in [-0.15, -0.1) is 0 Å². The molecule has 3 N–H and O–H groups in total. The summed E-state index contributed by atoms with van der Waals surface area (Å²) in [6.07, 6.45) is 12.8. The smallest absolute Gasteiger partial charge is 0.748 e. The number of amides is 1. The van der Waals surface area contributed by atoms with E-state index in [1.54, 1.807) is 18.2 Å². The predicted molar refractivity (Wildman–Crippen MR) is 228 cm³/mol. The van der Waals surface area contributed by atoms with E-state index in [9.17, 15) is 43.7 Å². The van der Waals surface area contributed by atoms with Crippen molar-refractivity contribution in [1.29, 1.82) is 0 Å². The standard InChI is InChI=1S/C43H50N4O10S3.2Na/c1-42(2)37(46(24-10-6-9-15-39(48)45-44)35-22-16-29-27-31(59(52,53)54)18-20-33(29)40(35)42)13-7-5-8-14-38-43(3,4)41-34-21-19-32(60(55,56)57)28-30(34)17-23-36(41)47(38)25-11-12-26-58(49,50)51;;/h5,7-8,13-14,16-23,27-28H,6,9-12,15,24-26,44H2,1-4H3,(H3-,45,48,49,50,51,52,53,54,55,56,57);;/q;2*+1/p-2. The summed E-state index contributed by atoms with van der Waals surface area (Å²) in [7, 11) is -13.7. The Hall–Kier alpha value is -2.75. The molecule has 6 rings (SSSR count). The molecule has 0 aromatic heterocycles. The molecule has 0 fully saturated rings. The van der Waals surface area contributed by atoms with Crippen molar-refractivity contribution in [3.8, 4) is 0 Å². The van der Waals surface area contributed by atoms with Gasteiger partial charge in [-0.1, -0.05) is 50.3 Å². The molecule has 0 saturated heterocycles. The van der Waals surface area contributed by atoms with Gasteiger partial charge in [0.2, 0.25) is 11.6 Å². The molecule has 14 nitrogen and oxygen atoms in total. The molecule has 320 valence electrons. The Morgan fingerprint density at radius 3 is 1.90 bits per heavy atom. The van der Waals surface area contributed by atoms with Gasteiger partial charge in [-0.05, 0) is 109 Å². The molecule has 62 heavy (non-hydrogen) atoms. The van der Waals surface area contributed by atoms with Crippen molar-refractivity contribution in [2.24, 2.45) is 5.84 Å². The first-order chi connectivity index (χ1) is 28.1. The van der Waals surface area contributed by atoms with Gasteiger partial charge in [0.15, 0.2) is 5.71 Å². The number of rotatable bonds is 16. The first kappa shape index (κ1) is 51.9. The maximum atomic E-state index is 11.8. The quantitative estimate of drug-likeness (QED) is 0.0219. The summed E-state index contributed by atoms with van der Waals surface area (Å²) in [6, 6.07) is 16.1. The maximum absolute atomic E-state index is 11.8.